The molecule has 8 heteroatoms. The monoisotopic (exact) mass is 294 g/mol. The standard InChI is InChI=1S/C13H15FN4O3/c1-8(11(19)9-3-5-10(14)6-4-9)16-13-12(18(20)21)15-7-17(13)2/h3-8,11,16,19H,1-2H3. The Labute approximate surface area is 120 Å². The van der Waals surface area contributed by atoms with Crippen LogP contribution in [0.1, 0.15) is 18.6 Å². The summed E-state index contributed by atoms with van der Waals surface area (Å²) in [5.74, 6) is -0.502. The maximum atomic E-state index is 12.9. The van der Waals surface area contributed by atoms with Crippen LogP contribution in [0, 0.1) is 15.9 Å². The molecule has 2 atom stereocenters. The van der Waals surface area contributed by atoms with Crippen molar-refractivity contribution in [2.24, 2.45) is 7.05 Å². The molecule has 2 aromatic rings. The molecule has 1 aromatic carbocycles. The molecule has 1 heterocycles. The van der Waals surface area contributed by atoms with Crippen molar-refractivity contribution in [2.75, 3.05) is 5.32 Å². The number of anilines is 1. The molecule has 112 valence electrons. The SMILES string of the molecule is CC(Nc1c([N+](=O)[O-])ncn1C)C(O)c1ccc(F)cc1. The number of nitrogens with zero attached hydrogens (tertiary/aromatic N) is 3. The fourth-order valence-electron chi connectivity index (χ4n) is 1.96. The molecule has 0 saturated heterocycles. The fraction of sp³-hybridized carbons (Fsp3) is 0.308. The van der Waals surface area contributed by atoms with E-state index in [9.17, 15) is 19.6 Å². The Morgan fingerprint density at radius 2 is 2.05 bits per heavy atom. The number of aliphatic hydroxyl groups is 1. The Balaban J connectivity index is 2.18. The fourth-order valence-corrected chi connectivity index (χ4v) is 1.96. The summed E-state index contributed by atoms with van der Waals surface area (Å²) in [6.07, 6.45) is 0.373. The van der Waals surface area contributed by atoms with Crippen LogP contribution in [0.15, 0.2) is 30.6 Å². The lowest BCUT2D eigenvalue weighted by molar-refractivity contribution is -0.388. The predicted molar refractivity (Wildman–Crippen MR) is 74.3 cm³/mol. The minimum absolute atomic E-state index is 0.202. The Bertz CT molecular complexity index is 641. The van der Waals surface area contributed by atoms with E-state index in [4.69, 9.17) is 0 Å². The van der Waals surface area contributed by atoms with E-state index in [1.165, 1.54) is 35.2 Å². The Hall–Kier alpha value is -2.48. The second-order valence-corrected chi connectivity index (χ2v) is 4.71. The minimum Gasteiger partial charge on any atom is -0.386 e. The largest absolute Gasteiger partial charge is 0.406 e. The molecule has 0 saturated carbocycles. The zero-order valence-corrected chi connectivity index (χ0v) is 11.5. The molecule has 2 rings (SSSR count). The van der Waals surface area contributed by atoms with Crippen LogP contribution >= 0.6 is 0 Å². The van der Waals surface area contributed by atoms with Crippen molar-refractivity contribution in [2.45, 2.75) is 19.1 Å². The zero-order chi connectivity index (χ0) is 15.6. The van der Waals surface area contributed by atoms with Gasteiger partial charge in [-0.05, 0) is 34.5 Å². The van der Waals surface area contributed by atoms with Crippen molar-refractivity contribution in [3.8, 4) is 0 Å². The van der Waals surface area contributed by atoms with Crippen LogP contribution in [0.2, 0.25) is 0 Å². The van der Waals surface area contributed by atoms with E-state index in [-0.39, 0.29) is 11.6 Å². The Kier molecular flexibility index (Phi) is 4.18. The molecule has 0 spiro atoms. The first-order valence-corrected chi connectivity index (χ1v) is 6.26. The Morgan fingerprint density at radius 1 is 1.43 bits per heavy atom. The molecular weight excluding hydrogens is 279 g/mol. The van der Waals surface area contributed by atoms with Gasteiger partial charge in [-0.3, -0.25) is 4.57 Å². The number of nitro groups is 1. The van der Waals surface area contributed by atoms with Gasteiger partial charge in [0.2, 0.25) is 12.1 Å². The number of halogens is 1. The van der Waals surface area contributed by atoms with Crippen LogP contribution < -0.4 is 5.32 Å². The van der Waals surface area contributed by atoms with Crippen LogP contribution in [-0.4, -0.2) is 25.6 Å². The summed E-state index contributed by atoms with van der Waals surface area (Å²) in [7, 11) is 1.61. The number of hydrogen-bond donors (Lipinski definition) is 2. The summed E-state index contributed by atoms with van der Waals surface area (Å²) in [4.78, 5) is 14.0. The van der Waals surface area contributed by atoms with Gasteiger partial charge in [0.15, 0.2) is 0 Å². The molecule has 1 aromatic heterocycles. The second kappa shape index (κ2) is 5.88. The lowest BCUT2D eigenvalue weighted by Gasteiger charge is -2.21. The molecule has 2 unspecified atom stereocenters. The molecule has 21 heavy (non-hydrogen) atoms. The average Bonchev–Trinajstić information content (AvgIpc) is 2.80. The molecule has 0 aliphatic rings. The van der Waals surface area contributed by atoms with E-state index < -0.39 is 22.9 Å². The van der Waals surface area contributed by atoms with E-state index in [1.807, 2.05) is 0 Å². The number of aromatic nitrogens is 2. The number of aliphatic hydroxyl groups excluding tert-OH is 1. The summed E-state index contributed by atoms with van der Waals surface area (Å²) in [5.41, 5.74) is 0.515. The maximum absolute atomic E-state index is 12.9. The van der Waals surface area contributed by atoms with Gasteiger partial charge >= 0.3 is 5.82 Å². The number of imidazole rings is 1. The van der Waals surface area contributed by atoms with Gasteiger partial charge < -0.3 is 20.5 Å². The highest BCUT2D eigenvalue weighted by Gasteiger charge is 2.24. The Morgan fingerprint density at radius 3 is 2.62 bits per heavy atom. The summed E-state index contributed by atoms with van der Waals surface area (Å²) in [5, 5.41) is 24.0. The van der Waals surface area contributed by atoms with Crippen LogP contribution in [0.5, 0.6) is 0 Å². The van der Waals surface area contributed by atoms with Gasteiger partial charge in [-0.25, -0.2) is 4.39 Å². The van der Waals surface area contributed by atoms with E-state index in [1.54, 1.807) is 14.0 Å². The van der Waals surface area contributed by atoms with Gasteiger partial charge in [-0.15, -0.1) is 0 Å². The van der Waals surface area contributed by atoms with Crippen molar-refractivity contribution in [1.29, 1.82) is 0 Å². The van der Waals surface area contributed by atoms with Crippen LogP contribution in [-0.2, 0) is 7.05 Å². The first kappa shape index (κ1) is 14.9. The van der Waals surface area contributed by atoms with Gasteiger partial charge in [-0.2, -0.15) is 0 Å². The lowest BCUT2D eigenvalue weighted by atomic mass is 10.0. The van der Waals surface area contributed by atoms with Crippen molar-refractivity contribution in [1.82, 2.24) is 9.55 Å². The molecule has 0 aliphatic carbocycles. The average molecular weight is 294 g/mol. The predicted octanol–water partition coefficient (Wildman–Crippen LogP) is 2.00. The number of nitrogens with one attached hydrogen (secondary N) is 1. The van der Waals surface area contributed by atoms with Crippen molar-refractivity contribution in [3.05, 3.63) is 52.1 Å². The summed E-state index contributed by atoms with van der Waals surface area (Å²) in [6.45, 7) is 1.67. The molecule has 7 nitrogen and oxygen atoms in total. The topological polar surface area (TPSA) is 93.2 Å². The quantitative estimate of drug-likeness (QED) is 0.650. The lowest BCUT2D eigenvalue weighted by Crippen LogP contribution is -2.25. The maximum Gasteiger partial charge on any atom is 0.406 e. The highest BCUT2D eigenvalue weighted by atomic mass is 19.1. The van der Waals surface area contributed by atoms with E-state index in [0.29, 0.717) is 5.56 Å². The summed E-state index contributed by atoms with van der Waals surface area (Å²) >= 11 is 0. The van der Waals surface area contributed by atoms with Crippen molar-refractivity contribution >= 4 is 11.6 Å². The number of rotatable bonds is 5. The zero-order valence-electron chi connectivity index (χ0n) is 11.5. The minimum atomic E-state index is -0.944. The van der Waals surface area contributed by atoms with Crippen LogP contribution in [0.4, 0.5) is 16.0 Å². The molecule has 0 aliphatic heterocycles. The third-order valence-corrected chi connectivity index (χ3v) is 3.14. The van der Waals surface area contributed by atoms with E-state index in [0.717, 1.165) is 0 Å². The second-order valence-electron chi connectivity index (χ2n) is 4.71. The molecule has 0 radical (unpaired) electrons. The van der Waals surface area contributed by atoms with Crippen LogP contribution in [0.25, 0.3) is 0 Å². The van der Waals surface area contributed by atoms with E-state index in [2.05, 4.69) is 10.3 Å². The van der Waals surface area contributed by atoms with Crippen molar-refractivity contribution in [3.63, 3.8) is 0 Å². The van der Waals surface area contributed by atoms with Gasteiger partial charge in [0.25, 0.3) is 0 Å². The summed E-state index contributed by atoms with van der Waals surface area (Å²) < 4.78 is 14.3. The number of benzene rings is 1. The molecule has 0 bridgehead atoms. The normalized spacial score (nSPS) is 13.7. The first-order valence-electron chi connectivity index (χ1n) is 6.26. The first-order chi connectivity index (χ1) is 9.90. The number of hydrogen-bond acceptors (Lipinski definition) is 5. The van der Waals surface area contributed by atoms with E-state index >= 15 is 0 Å². The van der Waals surface area contributed by atoms with Crippen LogP contribution in [0.3, 0.4) is 0 Å². The number of aryl methyl sites for hydroxylation is 1. The van der Waals surface area contributed by atoms with Crippen molar-refractivity contribution < 1.29 is 14.4 Å². The highest BCUT2D eigenvalue weighted by Crippen LogP contribution is 2.25. The third-order valence-electron chi connectivity index (χ3n) is 3.14. The summed E-state index contributed by atoms with van der Waals surface area (Å²) in [6, 6.07) is 4.91. The van der Waals surface area contributed by atoms with Gasteiger partial charge in [0, 0.05) is 7.05 Å². The highest BCUT2D eigenvalue weighted by molar-refractivity contribution is 5.52. The third kappa shape index (κ3) is 3.16. The van der Waals surface area contributed by atoms with Gasteiger partial charge in [-0.1, -0.05) is 12.1 Å². The molecule has 0 fully saturated rings. The van der Waals surface area contributed by atoms with Gasteiger partial charge in [0.1, 0.15) is 5.82 Å². The van der Waals surface area contributed by atoms with Gasteiger partial charge in [0.05, 0.1) is 12.1 Å². The molecular formula is C13H15FN4O3. The molecule has 0 amide bonds. The smallest absolute Gasteiger partial charge is 0.386 e. The molecule has 2 N–H and O–H groups in total.